The fraction of sp³-hybridized carbons (Fsp3) is 0.0308. The van der Waals surface area contributed by atoms with Crippen LogP contribution in [0, 0.1) is 0 Å². The fourth-order valence-corrected chi connectivity index (χ4v) is 25.2. The van der Waals surface area contributed by atoms with E-state index in [1.165, 1.54) is 278 Å². The molecule has 2 aliphatic carbocycles. The normalized spacial score (nSPS) is 13.3. The third-order valence-electron chi connectivity index (χ3n) is 30.3. The summed E-state index contributed by atoms with van der Waals surface area (Å²) >= 11 is 1.87. The second-order valence-corrected chi connectivity index (χ2v) is 38.8. The van der Waals surface area contributed by atoms with Gasteiger partial charge in [-0.2, -0.15) is 0 Å². The lowest BCUT2D eigenvalue weighted by atomic mass is 9.67. The molecule has 0 spiro atoms. The SMILES string of the molecule is CC1(C)c2ccccc2-c2c(-c3cc4c5cc6ccccc6cc5n5c6cc7ccccc7cc6c(c3)c45)cccc21.c1ccc(C2(c3ccccc3)c3ccccc3-c3ccc(-c4cc5c6cc7ccccc7cc6n6c7cc8ccccc8cc7c(c4)c56)cc32)cc1.c1ccc2cc(-n3c4ccc(-c5ccc6sc7ccccc7c6c5)cc4c4cc5ccccc5cc43)ccc2c1. The molecule has 0 saturated heterocycles. The van der Waals surface area contributed by atoms with E-state index in [1.54, 1.807) is 0 Å². The first-order valence-electron chi connectivity index (χ1n) is 46.7. The first-order valence-corrected chi connectivity index (χ1v) is 47.5. The van der Waals surface area contributed by atoms with Crippen LogP contribution in [0.4, 0.5) is 0 Å². The van der Waals surface area contributed by atoms with Crippen molar-refractivity contribution in [1.29, 1.82) is 0 Å². The number of nitrogens with zero attached hydrogens (tertiary/aromatic N) is 3. The van der Waals surface area contributed by atoms with E-state index >= 15 is 0 Å². The Balaban J connectivity index is 0.0000000990. The molecule has 0 bridgehead atoms. The molecule has 6 heterocycles. The Bertz CT molecular complexity index is 9790. The highest BCUT2D eigenvalue weighted by Crippen LogP contribution is 2.59. The van der Waals surface area contributed by atoms with Crippen molar-refractivity contribution in [3.05, 3.63) is 488 Å². The number of hydrogen-bond acceptors (Lipinski definition) is 1. The molecule has 0 atom stereocenters. The Morgan fingerprint density at radius 3 is 1.10 bits per heavy atom. The lowest BCUT2D eigenvalue weighted by Crippen LogP contribution is -2.28. The van der Waals surface area contributed by atoms with Gasteiger partial charge in [0, 0.05) is 85.1 Å². The molecule has 0 N–H and O–H groups in total. The molecule has 0 unspecified atom stereocenters. The minimum absolute atomic E-state index is 0.0245. The number of hydrogen-bond donors (Lipinski definition) is 0. The van der Waals surface area contributed by atoms with Crippen molar-refractivity contribution in [2.24, 2.45) is 0 Å². The smallest absolute Gasteiger partial charge is 0.0713 e. The van der Waals surface area contributed by atoms with Gasteiger partial charge in [0.2, 0.25) is 0 Å². The molecule has 2 aliphatic rings. The van der Waals surface area contributed by atoms with Gasteiger partial charge in [-0.3, -0.25) is 0 Å². The van der Waals surface area contributed by atoms with Crippen molar-refractivity contribution in [3.8, 4) is 61.3 Å². The van der Waals surface area contributed by atoms with Crippen LogP contribution in [0.2, 0.25) is 0 Å². The van der Waals surface area contributed by atoms with Gasteiger partial charge in [0.1, 0.15) is 0 Å². The highest BCUT2D eigenvalue weighted by atomic mass is 32.1. The van der Waals surface area contributed by atoms with Gasteiger partial charge in [-0.05, 0) is 287 Å². The molecular formula is C130H81N3S. The van der Waals surface area contributed by atoms with Crippen LogP contribution < -0.4 is 0 Å². The van der Waals surface area contributed by atoms with Crippen LogP contribution in [0.1, 0.15) is 47.2 Å². The summed E-state index contributed by atoms with van der Waals surface area (Å²) in [5, 5.41) is 31.0. The third-order valence-corrected chi connectivity index (χ3v) is 31.4. The van der Waals surface area contributed by atoms with Gasteiger partial charge in [0.05, 0.1) is 49.5 Å². The number of fused-ring (bicyclic) bond motifs is 30. The Morgan fingerprint density at radius 2 is 0.560 bits per heavy atom. The van der Waals surface area contributed by atoms with E-state index in [1.807, 2.05) is 11.3 Å². The van der Waals surface area contributed by atoms with Gasteiger partial charge >= 0.3 is 0 Å². The van der Waals surface area contributed by atoms with E-state index in [0.717, 1.165) is 0 Å². The van der Waals surface area contributed by atoms with Crippen LogP contribution in [0.5, 0.6) is 0 Å². The van der Waals surface area contributed by atoms with Gasteiger partial charge in [-0.15, -0.1) is 11.3 Å². The van der Waals surface area contributed by atoms with E-state index in [0.29, 0.717) is 0 Å². The predicted octanol–water partition coefficient (Wildman–Crippen LogP) is 35.4. The molecule has 622 valence electrons. The van der Waals surface area contributed by atoms with Crippen LogP contribution in [-0.4, -0.2) is 13.4 Å². The molecule has 4 heteroatoms. The molecule has 134 heavy (non-hydrogen) atoms. The fourth-order valence-electron chi connectivity index (χ4n) is 24.2. The zero-order valence-corrected chi connectivity index (χ0v) is 74.4. The second kappa shape index (κ2) is 28.4. The summed E-state index contributed by atoms with van der Waals surface area (Å²) in [5.41, 5.74) is 31.9. The molecule has 0 aliphatic heterocycles. The summed E-state index contributed by atoms with van der Waals surface area (Å²) in [6, 6.07) is 170. The van der Waals surface area contributed by atoms with Crippen molar-refractivity contribution in [2.75, 3.05) is 0 Å². The molecule has 29 aromatic rings. The quantitative estimate of drug-likeness (QED) is 0.157. The lowest BCUT2D eigenvalue weighted by molar-refractivity contribution is 0.660. The van der Waals surface area contributed by atoms with Gasteiger partial charge in [0.15, 0.2) is 0 Å². The Labute approximate surface area is 776 Å². The van der Waals surface area contributed by atoms with Gasteiger partial charge in [-0.25, -0.2) is 0 Å². The molecule has 0 amide bonds. The highest BCUT2D eigenvalue weighted by molar-refractivity contribution is 7.25. The van der Waals surface area contributed by atoms with Crippen LogP contribution >= 0.6 is 11.3 Å². The van der Waals surface area contributed by atoms with Crippen LogP contribution in [0.3, 0.4) is 0 Å². The molecule has 31 rings (SSSR count). The van der Waals surface area contributed by atoms with E-state index < -0.39 is 5.41 Å². The summed E-state index contributed by atoms with van der Waals surface area (Å²) in [6.07, 6.45) is 0. The lowest BCUT2D eigenvalue weighted by Gasteiger charge is -2.34. The monoisotopic (exact) mass is 1720 g/mol. The summed E-state index contributed by atoms with van der Waals surface area (Å²) in [5.74, 6) is 0. The summed E-state index contributed by atoms with van der Waals surface area (Å²) in [7, 11) is 0. The molecule has 3 nitrogen and oxygen atoms in total. The summed E-state index contributed by atoms with van der Waals surface area (Å²) < 4.78 is 10.2. The molecule has 0 fully saturated rings. The van der Waals surface area contributed by atoms with Crippen molar-refractivity contribution in [3.63, 3.8) is 0 Å². The molecule has 0 saturated carbocycles. The Kier molecular flexibility index (Phi) is 15.9. The maximum absolute atomic E-state index is 2.52. The minimum atomic E-state index is -0.439. The van der Waals surface area contributed by atoms with Crippen molar-refractivity contribution in [1.82, 2.24) is 13.4 Å². The maximum Gasteiger partial charge on any atom is 0.0713 e. The molecular weight excluding hydrogens is 1640 g/mol. The molecule has 23 aromatic carbocycles. The number of rotatable bonds is 6. The molecule has 0 radical (unpaired) electrons. The van der Waals surface area contributed by atoms with E-state index in [4.69, 9.17) is 0 Å². The predicted molar refractivity (Wildman–Crippen MR) is 572 cm³/mol. The number of aromatic nitrogens is 3. The maximum atomic E-state index is 2.52. The largest absolute Gasteiger partial charge is 0.309 e. The number of benzene rings is 23. The van der Waals surface area contributed by atoms with Crippen LogP contribution in [0.15, 0.2) is 455 Å². The average molecular weight is 1720 g/mol. The highest BCUT2D eigenvalue weighted by Gasteiger charge is 2.46. The van der Waals surface area contributed by atoms with Crippen molar-refractivity contribution < 1.29 is 0 Å². The average Bonchev–Trinajstić information content (AvgIpc) is 1.56. The first kappa shape index (κ1) is 75.1. The zero-order valence-electron chi connectivity index (χ0n) is 73.6. The van der Waals surface area contributed by atoms with Crippen molar-refractivity contribution in [2.45, 2.75) is 24.7 Å². The first-order chi connectivity index (χ1) is 66.1. The topological polar surface area (TPSA) is 13.8 Å². The summed E-state index contributed by atoms with van der Waals surface area (Å²) in [4.78, 5) is 0. The van der Waals surface area contributed by atoms with Gasteiger partial charge < -0.3 is 13.4 Å². The number of thiophene rings is 1. The van der Waals surface area contributed by atoms with Crippen LogP contribution in [-0.2, 0) is 10.8 Å². The zero-order chi connectivity index (χ0) is 87.9. The van der Waals surface area contributed by atoms with Gasteiger partial charge in [-0.1, -0.05) is 335 Å². The summed E-state index contributed by atoms with van der Waals surface area (Å²) in [6.45, 7) is 4.73. The van der Waals surface area contributed by atoms with E-state index in [2.05, 4.69) is 482 Å². The van der Waals surface area contributed by atoms with Crippen LogP contribution in [0.25, 0.3) is 244 Å². The van der Waals surface area contributed by atoms with Crippen molar-refractivity contribution >= 4 is 194 Å². The second-order valence-electron chi connectivity index (χ2n) is 37.7. The van der Waals surface area contributed by atoms with E-state index in [9.17, 15) is 0 Å². The van der Waals surface area contributed by atoms with Gasteiger partial charge in [0.25, 0.3) is 0 Å². The molecule has 6 aromatic heterocycles. The minimum Gasteiger partial charge on any atom is -0.309 e. The standard InChI is InChI=1S/C51H31N.C41H27N.C38H23NS/c1-3-17-38(18-4-1)51(39-19-5-2-6-20-39)46-22-12-11-21-40(46)41-24-23-36(29-47(41)51)37-27-44-42-25-32-13-7-9-15-34(32)30-48(42)52-49-31-35-16-10-8-14-33(35)26-43(49)45(28-37)50(44)52;1-41(2)35-16-8-7-14-30(35)39-29(15-9-17-36(39)41)28-20-33-31-18-24-10-3-5-12-26(24)22-37(31)42-38-23-27-13-6-4-11-25(27)19-32(38)34(21-28)40(33)42;1-2-8-25-19-30(16-13-24(25)7-1)39-35-17-14-28(21-32(35)33-20-26-9-3-4-10-27(26)23-36(33)39)29-15-18-38-34(22-29)31-11-5-6-12-37(31)40-38/h1-31H;3-23H,1-2H3;1-23H. The van der Waals surface area contributed by atoms with E-state index in [-0.39, 0.29) is 5.41 Å². The Hall–Kier alpha value is -16.8. The Morgan fingerprint density at radius 1 is 0.194 bits per heavy atom. The third kappa shape index (κ3) is 10.9.